The van der Waals surface area contributed by atoms with Gasteiger partial charge in [0.1, 0.15) is 18.1 Å². The predicted molar refractivity (Wildman–Crippen MR) is 73.1 cm³/mol. The summed E-state index contributed by atoms with van der Waals surface area (Å²) in [5.74, 6) is -0.416. The molecular weight excluding hydrogens is 283 g/mol. The fourth-order valence-corrected chi connectivity index (χ4v) is 1.54. The molecule has 0 fully saturated rings. The topological polar surface area (TPSA) is 113 Å². The summed E-state index contributed by atoms with van der Waals surface area (Å²) in [4.78, 5) is 17.7. The Morgan fingerprint density at radius 1 is 1.67 bits per heavy atom. The van der Waals surface area contributed by atoms with Crippen molar-refractivity contribution in [2.45, 2.75) is 6.04 Å². The van der Waals surface area contributed by atoms with Crippen molar-refractivity contribution >= 4 is 6.21 Å². The van der Waals surface area contributed by atoms with Gasteiger partial charge in [-0.3, -0.25) is 15.1 Å². The van der Waals surface area contributed by atoms with E-state index < -0.39 is 16.8 Å². The lowest BCUT2D eigenvalue weighted by molar-refractivity contribution is -0.414. The summed E-state index contributed by atoms with van der Waals surface area (Å²) in [7, 11) is 2.80. The number of nitro groups is 1. The molecule has 0 aliphatic heterocycles. The molecule has 0 spiro atoms. The van der Waals surface area contributed by atoms with E-state index in [0.717, 1.165) is 18.6 Å². The smallest absolute Gasteiger partial charge is 0.302 e. The first-order valence-corrected chi connectivity index (χ1v) is 5.81. The Kier molecular flexibility index (Phi) is 6.21. The highest BCUT2D eigenvalue weighted by Crippen LogP contribution is 2.26. The molecule has 21 heavy (non-hydrogen) atoms. The number of pyridine rings is 1. The maximum Gasteiger partial charge on any atom is 0.302 e. The van der Waals surface area contributed by atoms with E-state index in [1.165, 1.54) is 20.3 Å². The zero-order valence-corrected chi connectivity index (χ0v) is 11.5. The zero-order chi connectivity index (χ0) is 15.8. The van der Waals surface area contributed by atoms with Crippen molar-refractivity contribution in [2.75, 3.05) is 20.8 Å². The van der Waals surface area contributed by atoms with E-state index >= 15 is 0 Å². The molecule has 0 radical (unpaired) electrons. The minimum Gasteiger partial charge on any atom is -0.481 e. The number of halogens is 1. The highest BCUT2D eigenvalue weighted by atomic mass is 19.1. The summed E-state index contributed by atoms with van der Waals surface area (Å²) >= 11 is 0. The number of allylic oxidation sites excluding steroid dienone is 1. The second-order valence-corrected chi connectivity index (χ2v) is 3.85. The molecule has 9 heteroatoms. The lowest BCUT2D eigenvalue weighted by atomic mass is 10.1. The van der Waals surface area contributed by atoms with Gasteiger partial charge in [-0.2, -0.15) is 0 Å². The maximum atomic E-state index is 13.3. The molecule has 1 unspecified atom stereocenters. The van der Waals surface area contributed by atoms with Gasteiger partial charge < -0.3 is 15.2 Å². The average molecular weight is 298 g/mol. The molecule has 1 rings (SSSR count). The average Bonchev–Trinajstić information content (AvgIpc) is 2.46. The van der Waals surface area contributed by atoms with Crippen molar-refractivity contribution in [1.82, 2.24) is 4.98 Å². The molecule has 0 aromatic carbocycles. The molecule has 0 aliphatic rings. The first-order valence-electron chi connectivity index (χ1n) is 5.81. The summed E-state index contributed by atoms with van der Waals surface area (Å²) in [6.07, 6.45) is 2.79. The Morgan fingerprint density at radius 3 is 2.90 bits per heavy atom. The number of nitrogens with two attached hydrogens (primary N) is 1. The molecule has 0 saturated heterocycles. The van der Waals surface area contributed by atoms with Crippen LogP contribution in [-0.2, 0) is 4.74 Å². The highest BCUT2D eigenvalue weighted by molar-refractivity contribution is 5.75. The molecule has 8 nitrogen and oxygen atoms in total. The normalized spacial score (nSPS) is 13.4. The van der Waals surface area contributed by atoms with E-state index in [0.29, 0.717) is 5.56 Å². The maximum absolute atomic E-state index is 13.3. The Morgan fingerprint density at radius 2 is 2.38 bits per heavy atom. The molecule has 0 bridgehead atoms. The summed E-state index contributed by atoms with van der Waals surface area (Å²) in [6, 6.07) is 0.466. The van der Waals surface area contributed by atoms with Crippen molar-refractivity contribution in [3.63, 3.8) is 0 Å². The molecule has 0 aliphatic carbocycles. The van der Waals surface area contributed by atoms with Crippen molar-refractivity contribution < 1.29 is 18.8 Å². The Bertz CT molecular complexity index is 562. The van der Waals surface area contributed by atoms with Crippen LogP contribution in [0.4, 0.5) is 4.39 Å². The largest absolute Gasteiger partial charge is 0.481 e. The van der Waals surface area contributed by atoms with Gasteiger partial charge in [-0.1, -0.05) is 0 Å². The number of aliphatic imine (C=N–C) groups is 1. The third-order valence-corrected chi connectivity index (χ3v) is 2.49. The Balaban J connectivity index is 3.15. The number of nitrogens with zero attached hydrogens (tertiary/aromatic N) is 3. The zero-order valence-electron chi connectivity index (χ0n) is 11.5. The van der Waals surface area contributed by atoms with Crippen LogP contribution in [0.25, 0.3) is 0 Å². The molecule has 1 atom stereocenters. The summed E-state index contributed by atoms with van der Waals surface area (Å²) in [6.45, 7) is 0.0631. The van der Waals surface area contributed by atoms with Gasteiger partial charge in [-0.25, -0.2) is 9.37 Å². The van der Waals surface area contributed by atoms with E-state index in [-0.39, 0.29) is 18.2 Å². The van der Waals surface area contributed by atoms with Crippen LogP contribution in [0.3, 0.4) is 0 Å². The van der Waals surface area contributed by atoms with Crippen LogP contribution in [0.1, 0.15) is 11.6 Å². The minimum atomic E-state index is -0.719. The number of hydrogen-bond donors (Lipinski definition) is 1. The fraction of sp³-hybridized carbons (Fsp3) is 0.333. The van der Waals surface area contributed by atoms with Crippen LogP contribution in [0.5, 0.6) is 5.88 Å². The van der Waals surface area contributed by atoms with Crippen LogP contribution in [0.2, 0.25) is 0 Å². The molecular formula is C12H15FN4O4. The molecule has 0 amide bonds. The lowest BCUT2D eigenvalue weighted by Gasteiger charge is -2.14. The van der Waals surface area contributed by atoms with E-state index in [9.17, 15) is 14.5 Å². The van der Waals surface area contributed by atoms with Gasteiger partial charge in [0.15, 0.2) is 0 Å². The second kappa shape index (κ2) is 7.90. The van der Waals surface area contributed by atoms with E-state index in [1.807, 2.05) is 0 Å². The van der Waals surface area contributed by atoms with Crippen molar-refractivity contribution in [1.29, 1.82) is 0 Å². The first-order chi connectivity index (χ1) is 10.0. The molecule has 0 saturated carbocycles. The lowest BCUT2D eigenvalue weighted by Crippen LogP contribution is -2.10. The van der Waals surface area contributed by atoms with Gasteiger partial charge in [0.25, 0.3) is 0 Å². The Hall–Kier alpha value is -2.55. The van der Waals surface area contributed by atoms with E-state index in [4.69, 9.17) is 15.2 Å². The van der Waals surface area contributed by atoms with Gasteiger partial charge in [0.05, 0.1) is 31.0 Å². The van der Waals surface area contributed by atoms with Crippen molar-refractivity contribution in [3.8, 4) is 5.88 Å². The SMILES string of the molecule is COCC(N=CC(=CN)[N+](=O)[O-])c1cc(F)cnc1OC. The molecule has 1 aromatic rings. The van der Waals surface area contributed by atoms with Gasteiger partial charge in [0, 0.05) is 12.7 Å². The third-order valence-electron chi connectivity index (χ3n) is 2.49. The number of methoxy groups -OCH3 is 2. The summed E-state index contributed by atoms with van der Waals surface area (Å²) < 4.78 is 23.3. The molecule has 2 N–H and O–H groups in total. The third kappa shape index (κ3) is 4.49. The van der Waals surface area contributed by atoms with Gasteiger partial charge in [0.2, 0.25) is 5.88 Å². The van der Waals surface area contributed by atoms with E-state index in [2.05, 4.69) is 9.98 Å². The summed E-state index contributed by atoms with van der Waals surface area (Å²) in [5, 5.41) is 10.7. The van der Waals surface area contributed by atoms with Crippen LogP contribution in [-0.4, -0.2) is 36.9 Å². The molecule has 1 heterocycles. The van der Waals surface area contributed by atoms with E-state index in [1.54, 1.807) is 0 Å². The molecule has 1 aromatic heterocycles. The monoisotopic (exact) mass is 298 g/mol. The molecule has 114 valence electrons. The first kappa shape index (κ1) is 16.5. The Labute approximate surface area is 120 Å². The van der Waals surface area contributed by atoms with Gasteiger partial charge >= 0.3 is 5.70 Å². The van der Waals surface area contributed by atoms with Crippen LogP contribution in [0, 0.1) is 15.9 Å². The number of aromatic nitrogens is 1. The highest BCUT2D eigenvalue weighted by Gasteiger charge is 2.18. The van der Waals surface area contributed by atoms with Crippen LogP contribution in [0.15, 0.2) is 29.2 Å². The summed E-state index contributed by atoms with van der Waals surface area (Å²) in [5.41, 5.74) is 5.06. The van der Waals surface area contributed by atoms with Crippen LogP contribution >= 0.6 is 0 Å². The quantitative estimate of drug-likeness (QED) is 0.457. The van der Waals surface area contributed by atoms with Crippen molar-refractivity contribution in [2.24, 2.45) is 10.7 Å². The minimum absolute atomic E-state index is 0.0631. The van der Waals surface area contributed by atoms with Crippen molar-refractivity contribution in [3.05, 3.63) is 45.7 Å². The van der Waals surface area contributed by atoms with Gasteiger partial charge in [-0.15, -0.1) is 0 Å². The number of rotatable bonds is 7. The second-order valence-electron chi connectivity index (χ2n) is 3.85. The van der Waals surface area contributed by atoms with Crippen LogP contribution < -0.4 is 10.5 Å². The standard InChI is InChI=1S/C12H15FN4O4/c1-20-7-11(15-6-9(4-14)17(18)19)10-3-8(13)5-16-12(10)21-2/h3-6,11H,7,14H2,1-2H3. The fourth-order valence-electron chi connectivity index (χ4n) is 1.54. The predicted octanol–water partition coefficient (Wildman–Crippen LogP) is 1.06. The number of hydrogen-bond acceptors (Lipinski definition) is 7. The number of ether oxygens (including phenoxy) is 2. The van der Waals surface area contributed by atoms with Gasteiger partial charge in [-0.05, 0) is 6.07 Å².